The highest BCUT2D eigenvalue weighted by Crippen LogP contribution is 2.41. The number of amides is 1. The van der Waals surface area contributed by atoms with Crippen LogP contribution < -0.4 is 0 Å². The number of hydrogen-bond acceptors (Lipinski definition) is 4. The predicted molar refractivity (Wildman–Crippen MR) is 102 cm³/mol. The van der Waals surface area contributed by atoms with Crippen LogP contribution in [0, 0.1) is 0 Å². The third-order valence-electron chi connectivity index (χ3n) is 6.29. The molecule has 2 saturated heterocycles. The molecule has 1 spiro atoms. The van der Waals surface area contributed by atoms with E-state index in [9.17, 15) is 4.79 Å². The van der Waals surface area contributed by atoms with Crippen LogP contribution in [-0.2, 0) is 4.74 Å². The van der Waals surface area contributed by atoms with E-state index >= 15 is 0 Å². The number of carbonyl (C=O) groups is 1. The van der Waals surface area contributed by atoms with Crippen molar-refractivity contribution in [2.75, 3.05) is 33.9 Å². The number of likely N-dealkylation sites (tertiary alicyclic amines) is 2. The van der Waals surface area contributed by atoms with E-state index in [0.29, 0.717) is 6.04 Å². The Hall–Kier alpha value is -1.43. The molecule has 25 heavy (non-hydrogen) atoms. The van der Waals surface area contributed by atoms with E-state index in [-0.39, 0.29) is 11.4 Å². The first-order valence-corrected chi connectivity index (χ1v) is 10.00. The lowest BCUT2D eigenvalue weighted by Gasteiger charge is -2.45. The third kappa shape index (κ3) is 2.88. The highest BCUT2D eigenvalue weighted by Gasteiger charge is 2.46. The van der Waals surface area contributed by atoms with Gasteiger partial charge in [-0.2, -0.15) is 0 Å². The van der Waals surface area contributed by atoms with Crippen molar-refractivity contribution in [2.45, 2.75) is 37.3 Å². The van der Waals surface area contributed by atoms with Gasteiger partial charge in [-0.1, -0.05) is 18.2 Å². The SMILES string of the molecule is COC[C@H]1CCC2(CCN(C(=O)c3csc4ccccc34)CC2)N1C. The van der Waals surface area contributed by atoms with Gasteiger partial charge in [0, 0.05) is 47.2 Å². The largest absolute Gasteiger partial charge is 0.383 e. The molecule has 2 aliphatic rings. The van der Waals surface area contributed by atoms with Gasteiger partial charge in [0.25, 0.3) is 5.91 Å². The normalized spacial score (nSPS) is 23.6. The molecule has 4 nitrogen and oxygen atoms in total. The molecule has 1 aromatic carbocycles. The number of benzene rings is 1. The topological polar surface area (TPSA) is 32.8 Å². The van der Waals surface area contributed by atoms with Crippen molar-refractivity contribution in [3.05, 3.63) is 35.2 Å². The van der Waals surface area contributed by atoms with E-state index in [1.807, 2.05) is 17.5 Å². The zero-order valence-electron chi connectivity index (χ0n) is 15.0. The highest BCUT2D eigenvalue weighted by molar-refractivity contribution is 7.17. The lowest BCUT2D eigenvalue weighted by molar-refractivity contribution is 0.0274. The fraction of sp³-hybridized carbons (Fsp3) is 0.550. The molecule has 1 amide bonds. The molecule has 4 rings (SSSR count). The molecule has 0 bridgehead atoms. The van der Waals surface area contributed by atoms with Crippen molar-refractivity contribution >= 4 is 27.3 Å². The second kappa shape index (κ2) is 6.71. The Bertz CT molecular complexity index is 764. The molecule has 0 unspecified atom stereocenters. The molecule has 2 fully saturated rings. The molecule has 0 aliphatic carbocycles. The second-order valence-electron chi connectivity index (χ2n) is 7.42. The molecule has 2 aromatic rings. The maximum absolute atomic E-state index is 13.0. The summed E-state index contributed by atoms with van der Waals surface area (Å²) in [6.07, 6.45) is 4.56. The number of carbonyl (C=O) groups excluding carboxylic acids is 1. The number of rotatable bonds is 3. The predicted octanol–water partition coefficient (Wildman–Crippen LogP) is 3.62. The fourth-order valence-corrected chi connectivity index (χ4v) is 5.56. The van der Waals surface area contributed by atoms with Gasteiger partial charge in [0.2, 0.25) is 0 Å². The smallest absolute Gasteiger partial charge is 0.255 e. The van der Waals surface area contributed by atoms with Crippen LogP contribution in [0.4, 0.5) is 0 Å². The lowest BCUT2D eigenvalue weighted by Crippen LogP contribution is -2.54. The first-order chi connectivity index (χ1) is 12.1. The Kier molecular flexibility index (Phi) is 4.56. The summed E-state index contributed by atoms with van der Waals surface area (Å²) in [6.45, 7) is 2.52. The molecule has 0 N–H and O–H groups in total. The van der Waals surface area contributed by atoms with Crippen molar-refractivity contribution < 1.29 is 9.53 Å². The number of hydrogen-bond donors (Lipinski definition) is 0. The quantitative estimate of drug-likeness (QED) is 0.840. The minimum Gasteiger partial charge on any atom is -0.383 e. The average Bonchev–Trinajstić information content (AvgIpc) is 3.20. The Balaban J connectivity index is 1.46. The molecular weight excluding hydrogens is 332 g/mol. The molecule has 5 heteroatoms. The van der Waals surface area contributed by atoms with Crippen LogP contribution in [0.15, 0.2) is 29.6 Å². The van der Waals surface area contributed by atoms with Crippen molar-refractivity contribution in [2.24, 2.45) is 0 Å². The zero-order chi connectivity index (χ0) is 17.4. The van der Waals surface area contributed by atoms with Gasteiger partial charge in [-0.15, -0.1) is 11.3 Å². The third-order valence-corrected chi connectivity index (χ3v) is 7.25. The van der Waals surface area contributed by atoms with Gasteiger partial charge in [-0.3, -0.25) is 9.69 Å². The monoisotopic (exact) mass is 358 g/mol. The van der Waals surface area contributed by atoms with Crippen LogP contribution in [0.2, 0.25) is 0 Å². The molecule has 1 atom stereocenters. The number of nitrogens with zero attached hydrogens (tertiary/aromatic N) is 2. The summed E-state index contributed by atoms with van der Waals surface area (Å²) in [7, 11) is 4.02. The van der Waals surface area contributed by atoms with Gasteiger partial charge in [-0.05, 0) is 38.8 Å². The summed E-state index contributed by atoms with van der Waals surface area (Å²) < 4.78 is 6.57. The van der Waals surface area contributed by atoms with Gasteiger partial charge in [0.1, 0.15) is 0 Å². The van der Waals surface area contributed by atoms with Crippen LogP contribution >= 0.6 is 11.3 Å². The lowest BCUT2D eigenvalue weighted by atomic mass is 9.85. The van der Waals surface area contributed by atoms with Gasteiger partial charge in [0.15, 0.2) is 0 Å². The van der Waals surface area contributed by atoms with E-state index in [1.54, 1.807) is 18.4 Å². The number of thiophene rings is 1. The van der Waals surface area contributed by atoms with E-state index < -0.39 is 0 Å². The maximum atomic E-state index is 13.0. The fourth-order valence-electron chi connectivity index (χ4n) is 4.62. The first-order valence-electron chi connectivity index (χ1n) is 9.12. The van der Waals surface area contributed by atoms with Crippen molar-refractivity contribution in [3.8, 4) is 0 Å². The summed E-state index contributed by atoms with van der Waals surface area (Å²) in [5.41, 5.74) is 1.13. The summed E-state index contributed by atoms with van der Waals surface area (Å²) in [6, 6.07) is 8.72. The van der Waals surface area contributed by atoms with Gasteiger partial charge < -0.3 is 9.64 Å². The number of likely N-dealkylation sites (N-methyl/N-ethyl adjacent to an activating group) is 1. The van der Waals surface area contributed by atoms with Gasteiger partial charge >= 0.3 is 0 Å². The minimum absolute atomic E-state index is 0.196. The van der Waals surface area contributed by atoms with Crippen molar-refractivity contribution in [3.63, 3.8) is 0 Å². The Labute approximate surface area is 153 Å². The first kappa shape index (κ1) is 17.0. The summed E-state index contributed by atoms with van der Waals surface area (Å²) in [5.74, 6) is 0.196. The van der Waals surface area contributed by atoms with Gasteiger partial charge in [0.05, 0.1) is 12.2 Å². The molecule has 0 saturated carbocycles. The molecule has 0 radical (unpaired) electrons. The van der Waals surface area contributed by atoms with E-state index in [0.717, 1.165) is 43.5 Å². The Morgan fingerprint density at radius 1 is 1.28 bits per heavy atom. The maximum Gasteiger partial charge on any atom is 0.255 e. The summed E-state index contributed by atoms with van der Waals surface area (Å²) in [5, 5.41) is 3.11. The highest BCUT2D eigenvalue weighted by atomic mass is 32.1. The minimum atomic E-state index is 0.196. The van der Waals surface area contributed by atoms with Crippen LogP contribution in [-0.4, -0.2) is 61.1 Å². The Morgan fingerprint density at radius 3 is 2.80 bits per heavy atom. The van der Waals surface area contributed by atoms with Crippen LogP contribution in [0.1, 0.15) is 36.0 Å². The van der Waals surface area contributed by atoms with Crippen molar-refractivity contribution in [1.29, 1.82) is 0 Å². The number of fused-ring (bicyclic) bond motifs is 1. The van der Waals surface area contributed by atoms with Crippen molar-refractivity contribution in [1.82, 2.24) is 9.80 Å². The summed E-state index contributed by atoms with van der Waals surface area (Å²) in [4.78, 5) is 17.6. The standard InChI is InChI=1S/C20H26N2O2S/c1-21-15(13-24-2)7-8-20(21)9-11-22(12-10-20)19(23)17-14-25-18-6-4-3-5-16(17)18/h3-6,14-15H,7-13H2,1-2H3/t15-/m1/s1. The summed E-state index contributed by atoms with van der Waals surface area (Å²) >= 11 is 1.66. The number of piperidine rings is 1. The second-order valence-corrected chi connectivity index (χ2v) is 8.33. The van der Waals surface area contributed by atoms with Crippen LogP contribution in [0.5, 0.6) is 0 Å². The number of ether oxygens (including phenoxy) is 1. The molecule has 1 aromatic heterocycles. The Morgan fingerprint density at radius 2 is 2.04 bits per heavy atom. The van der Waals surface area contributed by atoms with E-state index in [2.05, 4.69) is 29.0 Å². The van der Waals surface area contributed by atoms with Crippen LogP contribution in [0.3, 0.4) is 0 Å². The van der Waals surface area contributed by atoms with Crippen LogP contribution in [0.25, 0.3) is 10.1 Å². The van der Waals surface area contributed by atoms with Gasteiger partial charge in [-0.25, -0.2) is 0 Å². The number of methoxy groups -OCH3 is 1. The van der Waals surface area contributed by atoms with E-state index in [4.69, 9.17) is 4.74 Å². The van der Waals surface area contributed by atoms with E-state index in [1.165, 1.54) is 17.5 Å². The molecule has 2 aliphatic heterocycles. The molecule has 134 valence electrons. The molecule has 3 heterocycles. The zero-order valence-corrected chi connectivity index (χ0v) is 15.8. The average molecular weight is 359 g/mol. The molecular formula is C20H26N2O2S.